The lowest BCUT2D eigenvalue weighted by Gasteiger charge is -2.12. The third-order valence-electron chi connectivity index (χ3n) is 5.58. The van der Waals surface area contributed by atoms with E-state index in [2.05, 4.69) is 21.3 Å². The predicted octanol–water partition coefficient (Wildman–Crippen LogP) is -3.05. The molecule has 1 rings (SSSR count). The Morgan fingerprint density at radius 3 is 1.04 bits per heavy atom. The largest absolute Gasteiger partial charge is 0.394 e. The number of ether oxygens (including phenoxy) is 4. The Labute approximate surface area is 267 Å². The van der Waals surface area contributed by atoms with E-state index in [1.165, 1.54) is 12.2 Å². The monoisotopic (exact) mass is 654 g/mol. The summed E-state index contributed by atoms with van der Waals surface area (Å²) < 4.78 is 20.6. The Balaban J connectivity index is 3.23. The first-order valence-corrected chi connectivity index (χ1v) is 14.8. The second kappa shape index (κ2) is 26.5. The smallest absolute Gasteiger partial charge is 0.256 e. The van der Waals surface area contributed by atoms with Gasteiger partial charge in [-0.25, -0.2) is 0 Å². The molecule has 46 heavy (non-hydrogen) atoms. The highest BCUT2D eigenvalue weighted by Crippen LogP contribution is 2.14. The van der Waals surface area contributed by atoms with Gasteiger partial charge in [0.05, 0.1) is 79.3 Å². The van der Waals surface area contributed by atoms with Gasteiger partial charge in [0.15, 0.2) is 0 Å². The maximum atomic E-state index is 13.0. The second-order valence-electron chi connectivity index (χ2n) is 9.15. The maximum absolute atomic E-state index is 13.0. The maximum Gasteiger partial charge on any atom is 0.256 e. The molecule has 1 aromatic carbocycles. The van der Waals surface area contributed by atoms with Gasteiger partial charge in [-0.05, 0) is 29.3 Å². The van der Waals surface area contributed by atoms with Crippen molar-refractivity contribution in [1.29, 1.82) is 0 Å². The van der Waals surface area contributed by atoms with E-state index < -0.39 is 23.6 Å². The van der Waals surface area contributed by atoms with E-state index in [4.69, 9.17) is 39.4 Å². The van der Waals surface area contributed by atoms with Gasteiger partial charge in [-0.1, -0.05) is 18.2 Å². The summed E-state index contributed by atoms with van der Waals surface area (Å²) in [5, 5.41) is 45.7. The van der Waals surface area contributed by atoms with E-state index in [1.54, 1.807) is 24.3 Å². The zero-order valence-corrected chi connectivity index (χ0v) is 25.8. The Kier molecular flexibility index (Phi) is 23.2. The lowest BCUT2D eigenvalue weighted by atomic mass is 10.0. The summed E-state index contributed by atoms with van der Waals surface area (Å²) in [6, 6.07) is 6.45. The molecule has 0 spiro atoms. The molecule has 16 nitrogen and oxygen atoms in total. The van der Waals surface area contributed by atoms with Crippen molar-refractivity contribution in [3.05, 3.63) is 46.5 Å². The molecular weight excluding hydrogens is 608 g/mol. The van der Waals surface area contributed by atoms with Crippen LogP contribution in [0.1, 0.15) is 11.1 Å². The number of aliphatic hydroxyl groups is 4. The van der Waals surface area contributed by atoms with Crippen LogP contribution in [0.25, 0.3) is 12.2 Å². The number of carbonyl (C=O) groups is 4. The summed E-state index contributed by atoms with van der Waals surface area (Å²) in [4.78, 5) is 51.8. The molecule has 1 aromatic rings. The minimum absolute atomic E-state index is 0.0789. The zero-order valence-electron chi connectivity index (χ0n) is 25.8. The standard InChI is InChI=1S/C30H46N4O12/c35-8-16-43-12-4-31-27(39)25(28(40)32-5-13-44-17-9-36)21-23-2-1-3-24(20-23)22-26(29(41)33-6-14-45-18-10-37)30(42)34-7-15-46-19-11-38/h1-3,20-22,35-38H,4-19H2,(H,31,39)(H,32,40)(H,33,41)(H,34,42). The topological polar surface area (TPSA) is 234 Å². The van der Waals surface area contributed by atoms with Gasteiger partial charge >= 0.3 is 0 Å². The van der Waals surface area contributed by atoms with E-state index in [0.29, 0.717) is 11.1 Å². The molecule has 0 bridgehead atoms. The number of rotatable bonds is 26. The van der Waals surface area contributed by atoms with Crippen molar-refractivity contribution < 1.29 is 58.6 Å². The van der Waals surface area contributed by atoms with Crippen LogP contribution in [-0.2, 0) is 38.1 Å². The molecule has 0 saturated heterocycles. The van der Waals surface area contributed by atoms with Gasteiger partial charge in [-0.3, -0.25) is 19.2 Å². The molecule has 16 heteroatoms. The van der Waals surface area contributed by atoms with Crippen molar-refractivity contribution >= 4 is 35.8 Å². The van der Waals surface area contributed by atoms with Crippen molar-refractivity contribution in [2.24, 2.45) is 0 Å². The number of hydrogen-bond donors (Lipinski definition) is 8. The summed E-state index contributed by atoms with van der Waals surface area (Å²) in [7, 11) is 0. The van der Waals surface area contributed by atoms with Gasteiger partial charge in [0.25, 0.3) is 23.6 Å². The summed E-state index contributed by atoms with van der Waals surface area (Å²) in [6.45, 7) is 0.476. The molecule has 0 aliphatic carbocycles. The van der Waals surface area contributed by atoms with Crippen LogP contribution in [0.3, 0.4) is 0 Å². The lowest BCUT2D eigenvalue weighted by Crippen LogP contribution is -2.37. The molecule has 0 unspecified atom stereocenters. The molecule has 4 amide bonds. The van der Waals surface area contributed by atoms with Crippen LogP contribution in [0.5, 0.6) is 0 Å². The van der Waals surface area contributed by atoms with Crippen molar-refractivity contribution in [3.8, 4) is 0 Å². The number of benzene rings is 1. The van der Waals surface area contributed by atoms with Crippen LogP contribution in [0.15, 0.2) is 35.4 Å². The molecule has 258 valence electrons. The van der Waals surface area contributed by atoms with Gasteiger partial charge in [0.1, 0.15) is 11.1 Å². The summed E-state index contributed by atoms with van der Waals surface area (Å²) in [5.41, 5.74) is 0.369. The van der Waals surface area contributed by atoms with Crippen LogP contribution in [-0.4, -0.2) is 150 Å². The number of carbonyl (C=O) groups excluding carboxylic acids is 4. The minimum atomic E-state index is -0.686. The predicted molar refractivity (Wildman–Crippen MR) is 166 cm³/mol. The molecule has 0 fully saturated rings. The van der Waals surface area contributed by atoms with Crippen molar-refractivity contribution in [2.45, 2.75) is 0 Å². The van der Waals surface area contributed by atoms with Crippen LogP contribution in [0.4, 0.5) is 0 Å². The van der Waals surface area contributed by atoms with Crippen molar-refractivity contribution in [3.63, 3.8) is 0 Å². The highest BCUT2D eigenvalue weighted by molar-refractivity contribution is 6.22. The van der Waals surface area contributed by atoms with E-state index in [-0.39, 0.29) is 117 Å². The fraction of sp³-hybridized carbons (Fsp3) is 0.533. The number of aliphatic hydroxyl groups excluding tert-OH is 4. The fourth-order valence-corrected chi connectivity index (χ4v) is 3.53. The molecule has 0 aliphatic heterocycles. The quantitative estimate of drug-likeness (QED) is 0.0216. The molecule has 0 radical (unpaired) electrons. The van der Waals surface area contributed by atoms with Crippen molar-refractivity contribution in [1.82, 2.24) is 21.3 Å². The highest BCUT2D eigenvalue weighted by atomic mass is 16.5. The van der Waals surface area contributed by atoms with E-state index in [0.717, 1.165) is 0 Å². The summed E-state index contributed by atoms with van der Waals surface area (Å²) in [6.07, 6.45) is 2.70. The Morgan fingerprint density at radius 2 is 0.783 bits per heavy atom. The van der Waals surface area contributed by atoms with Crippen molar-refractivity contribution in [2.75, 3.05) is 105 Å². The Bertz CT molecular complexity index is 976. The average Bonchev–Trinajstić information content (AvgIpc) is 3.05. The Hall–Kier alpha value is -3.74. The molecule has 8 N–H and O–H groups in total. The first kappa shape index (κ1) is 40.3. The van der Waals surface area contributed by atoms with Gasteiger partial charge in [0, 0.05) is 26.2 Å². The zero-order chi connectivity index (χ0) is 33.8. The summed E-state index contributed by atoms with van der Waals surface area (Å²) in [5.74, 6) is -2.75. The van der Waals surface area contributed by atoms with E-state index in [1.807, 2.05) is 0 Å². The third kappa shape index (κ3) is 18.3. The van der Waals surface area contributed by atoms with Crippen LogP contribution in [0, 0.1) is 0 Å². The molecule has 0 atom stereocenters. The SMILES string of the molecule is O=C(NCCOCCO)C(=Cc1cccc(C=C(C(=O)NCCOCCO)C(=O)NCCOCCO)c1)C(=O)NCCOCCO. The van der Waals surface area contributed by atoms with E-state index in [9.17, 15) is 19.2 Å². The number of hydrogen-bond acceptors (Lipinski definition) is 12. The summed E-state index contributed by atoms with van der Waals surface area (Å²) >= 11 is 0. The normalized spacial score (nSPS) is 10.5. The molecular formula is C30H46N4O12. The van der Waals surface area contributed by atoms with Gasteiger partial charge < -0.3 is 60.6 Å². The molecule has 0 saturated carbocycles. The average molecular weight is 655 g/mol. The van der Waals surface area contributed by atoms with Crippen LogP contribution < -0.4 is 21.3 Å². The van der Waals surface area contributed by atoms with E-state index >= 15 is 0 Å². The van der Waals surface area contributed by atoms with Gasteiger partial charge in [-0.15, -0.1) is 0 Å². The van der Waals surface area contributed by atoms with Crippen LogP contribution >= 0.6 is 0 Å². The van der Waals surface area contributed by atoms with Gasteiger partial charge in [0.2, 0.25) is 0 Å². The fourth-order valence-electron chi connectivity index (χ4n) is 3.53. The highest BCUT2D eigenvalue weighted by Gasteiger charge is 2.20. The molecule has 0 aliphatic rings. The first-order chi connectivity index (χ1) is 22.4. The number of amides is 4. The first-order valence-electron chi connectivity index (χ1n) is 14.8. The molecule has 0 aromatic heterocycles. The molecule has 0 heterocycles. The van der Waals surface area contributed by atoms with Crippen LogP contribution in [0.2, 0.25) is 0 Å². The lowest BCUT2D eigenvalue weighted by molar-refractivity contribution is -0.125. The Morgan fingerprint density at radius 1 is 0.500 bits per heavy atom. The van der Waals surface area contributed by atoms with Gasteiger partial charge in [-0.2, -0.15) is 0 Å². The number of nitrogens with one attached hydrogen (secondary N) is 4. The third-order valence-corrected chi connectivity index (χ3v) is 5.58. The minimum Gasteiger partial charge on any atom is -0.394 e. The second-order valence-corrected chi connectivity index (χ2v) is 9.15.